The van der Waals surface area contributed by atoms with Gasteiger partial charge in [0.2, 0.25) is 0 Å². The standard InChI is InChI=1S/C25H28N2O4/c1-17(2)30-22-14-21-18(13-20(22)23(28)31-19-7-5-4-6-8-19)15-27(26-21)25-11-9-24(3,10-12-25)29-16-25/h4-8,13-15,17H,9-12,16H2,1-3H3. The summed E-state index contributed by atoms with van der Waals surface area (Å²) >= 11 is 0. The molecule has 0 radical (unpaired) electrons. The quantitative estimate of drug-likeness (QED) is 0.424. The van der Waals surface area contributed by atoms with Crippen LogP contribution in [0.25, 0.3) is 10.9 Å². The fourth-order valence-corrected chi connectivity index (χ4v) is 4.59. The number of aromatic nitrogens is 2. The highest BCUT2D eigenvalue weighted by Gasteiger charge is 2.49. The number of ether oxygens (including phenoxy) is 3. The molecule has 0 unspecified atom stereocenters. The molecule has 0 amide bonds. The van der Waals surface area contributed by atoms with Crippen LogP contribution in [0, 0.1) is 0 Å². The second-order valence-electron chi connectivity index (χ2n) is 9.31. The molecule has 1 aliphatic carbocycles. The van der Waals surface area contributed by atoms with Gasteiger partial charge in [0.15, 0.2) is 0 Å². The van der Waals surface area contributed by atoms with Crippen molar-refractivity contribution in [2.75, 3.05) is 6.61 Å². The van der Waals surface area contributed by atoms with E-state index >= 15 is 0 Å². The molecule has 0 spiro atoms. The molecule has 6 nitrogen and oxygen atoms in total. The average Bonchev–Trinajstić information content (AvgIpc) is 3.18. The van der Waals surface area contributed by atoms with E-state index in [0.29, 0.717) is 23.7 Å². The minimum absolute atomic E-state index is 0.0148. The van der Waals surface area contributed by atoms with Gasteiger partial charge in [-0.05, 0) is 64.7 Å². The van der Waals surface area contributed by atoms with Gasteiger partial charge < -0.3 is 14.2 Å². The molecule has 6 heteroatoms. The van der Waals surface area contributed by atoms with E-state index < -0.39 is 5.97 Å². The largest absolute Gasteiger partial charge is 0.490 e. The monoisotopic (exact) mass is 420 g/mol. The third-order valence-corrected chi connectivity index (χ3v) is 6.56. The second-order valence-corrected chi connectivity index (χ2v) is 9.31. The lowest BCUT2D eigenvalue weighted by molar-refractivity contribution is -0.169. The Labute approximate surface area is 182 Å². The zero-order valence-electron chi connectivity index (χ0n) is 18.3. The van der Waals surface area contributed by atoms with E-state index in [1.165, 1.54) is 0 Å². The molecule has 2 saturated heterocycles. The first-order valence-corrected chi connectivity index (χ1v) is 11.0. The van der Waals surface area contributed by atoms with Crippen molar-refractivity contribution >= 4 is 16.9 Å². The lowest BCUT2D eigenvalue weighted by Crippen LogP contribution is -2.54. The van der Waals surface area contributed by atoms with Crippen LogP contribution in [-0.4, -0.2) is 34.1 Å². The first-order valence-electron chi connectivity index (χ1n) is 11.0. The summed E-state index contributed by atoms with van der Waals surface area (Å²) in [6.07, 6.45) is 6.14. The van der Waals surface area contributed by atoms with Crippen LogP contribution in [-0.2, 0) is 10.3 Å². The Morgan fingerprint density at radius 3 is 2.52 bits per heavy atom. The summed E-state index contributed by atoms with van der Waals surface area (Å²) in [5, 5.41) is 5.78. The maximum absolute atomic E-state index is 13.0. The van der Waals surface area contributed by atoms with Gasteiger partial charge in [0.25, 0.3) is 0 Å². The number of esters is 1. The smallest absolute Gasteiger partial charge is 0.347 e. The number of nitrogens with zero attached hydrogens (tertiary/aromatic N) is 2. The summed E-state index contributed by atoms with van der Waals surface area (Å²) in [6.45, 7) is 6.75. The highest BCUT2D eigenvalue weighted by molar-refractivity contribution is 5.98. The molecule has 3 aliphatic rings. The molecule has 3 aromatic rings. The highest BCUT2D eigenvalue weighted by atomic mass is 16.5. The van der Waals surface area contributed by atoms with E-state index in [0.717, 1.165) is 36.6 Å². The van der Waals surface area contributed by atoms with Gasteiger partial charge in [-0.15, -0.1) is 0 Å². The third kappa shape index (κ3) is 3.69. The van der Waals surface area contributed by atoms with Gasteiger partial charge in [-0.1, -0.05) is 18.2 Å². The summed E-state index contributed by atoms with van der Waals surface area (Å²) in [7, 11) is 0. The molecule has 3 heterocycles. The van der Waals surface area contributed by atoms with Crippen LogP contribution in [0.5, 0.6) is 11.5 Å². The molecule has 0 N–H and O–H groups in total. The molecule has 2 aromatic carbocycles. The molecule has 3 fully saturated rings. The van der Waals surface area contributed by atoms with E-state index in [9.17, 15) is 4.79 Å². The maximum atomic E-state index is 13.0. The minimum atomic E-state index is -0.441. The van der Waals surface area contributed by atoms with Gasteiger partial charge in [-0.3, -0.25) is 4.68 Å². The Kier molecular flexibility index (Phi) is 4.77. The van der Waals surface area contributed by atoms with E-state index in [1.807, 2.05) is 50.4 Å². The zero-order chi connectivity index (χ0) is 21.6. The molecule has 162 valence electrons. The number of hydrogen-bond acceptors (Lipinski definition) is 5. The molecule has 1 saturated carbocycles. The van der Waals surface area contributed by atoms with Crippen LogP contribution in [0.15, 0.2) is 48.7 Å². The Balaban J connectivity index is 1.52. The lowest BCUT2D eigenvalue weighted by atomic mass is 9.72. The summed E-state index contributed by atoms with van der Waals surface area (Å²) in [4.78, 5) is 13.0. The first-order chi connectivity index (χ1) is 14.9. The topological polar surface area (TPSA) is 62.6 Å². The highest BCUT2D eigenvalue weighted by Crippen LogP contribution is 2.47. The van der Waals surface area contributed by atoms with Crippen LogP contribution < -0.4 is 9.47 Å². The Morgan fingerprint density at radius 1 is 1.13 bits per heavy atom. The van der Waals surface area contributed by atoms with E-state index in [2.05, 4.69) is 11.6 Å². The van der Waals surface area contributed by atoms with Crippen LogP contribution in [0.3, 0.4) is 0 Å². The number of benzene rings is 2. The summed E-state index contributed by atoms with van der Waals surface area (Å²) < 4.78 is 19.8. The SMILES string of the molecule is CC(C)Oc1cc2nn(C34CCC(C)(CC3)OC4)cc2cc1C(=O)Oc1ccccc1. The molecular weight excluding hydrogens is 392 g/mol. The van der Waals surface area contributed by atoms with Gasteiger partial charge in [-0.2, -0.15) is 5.10 Å². The number of fused-ring (bicyclic) bond motifs is 4. The van der Waals surface area contributed by atoms with E-state index in [1.54, 1.807) is 12.1 Å². The Morgan fingerprint density at radius 2 is 1.87 bits per heavy atom. The number of hydrogen-bond donors (Lipinski definition) is 0. The van der Waals surface area contributed by atoms with Gasteiger partial charge in [0, 0.05) is 17.6 Å². The van der Waals surface area contributed by atoms with Gasteiger partial charge in [0.1, 0.15) is 17.1 Å². The third-order valence-electron chi connectivity index (χ3n) is 6.56. The number of para-hydroxylation sites is 1. The Bertz CT molecular complexity index is 1090. The molecule has 6 rings (SSSR count). The van der Waals surface area contributed by atoms with Crippen molar-refractivity contribution in [3.05, 3.63) is 54.2 Å². The van der Waals surface area contributed by atoms with Crippen LogP contribution >= 0.6 is 0 Å². The number of carbonyl (C=O) groups is 1. The summed E-state index contributed by atoms with van der Waals surface area (Å²) in [6, 6.07) is 12.8. The molecule has 31 heavy (non-hydrogen) atoms. The fraction of sp³-hybridized carbons (Fsp3) is 0.440. The molecular formula is C25H28N2O4. The van der Waals surface area contributed by atoms with Gasteiger partial charge in [0.05, 0.1) is 29.4 Å². The van der Waals surface area contributed by atoms with Gasteiger partial charge in [-0.25, -0.2) is 4.79 Å². The van der Waals surface area contributed by atoms with Crippen LogP contribution in [0.4, 0.5) is 0 Å². The van der Waals surface area contributed by atoms with Crippen LogP contribution in [0.1, 0.15) is 56.8 Å². The second kappa shape index (κ2) is 7.38. The predicted octanol–water partition coefficient (Wildman–Crippen LogP) is 5.10. The number of carbonyl (C=O) groups excluding carboxylic acids is 1. The van der Waals surface area contributed by atoms with Crippen molar-refractivity contribution in [1.29, 1.82) is 0 Å². The predicted molar refractivity (Wildman–Crippen MR) is 118 cm³/mol. The van der Waals surface area contributed by atoms with E-state index in [-0.39, 0.29) is 17.2 Å². The normalized spacial score (nSPS) is 25.2. The zero-order valence-corrected chi connectivity index (χ0v) is 18.3. The van der Waals surface area contributed by atoms with Crippen molar-refractivity contribution in [2.24, 2.45) is 0 Å². The maximum Gasteiger partial charge on any atom is 0.347 e. The molecule has 1 aromatic heterocycles. The molecule has 2 aliphatic heterocycles. The summed E-state index contributed by atoms with van der Waals surface area (Å²) in [5.74, 6) is 0.550. The van der Waals surface area contributed by atoms with Gasteiger partial charge >= 0.3 is 5.97 Å². The van der Waals surface area contributed by atoms with Crippen molar-refractivity contribution in [1.82, 2.24) is 9.78 Å². The van der Waals surface area contributed by atoms with E-state index in [4.69, 9.17) is 19.3 Å². The minimum Gasteiger partial charge on any atom is -0.490 e. The number of rotatable bonds is 5. The first kappa shape index (κ1) is 20.1. The molecule has 2 bridgehead atoms. The van der Waals surface area contributed by atoms with Crippen molar-refractivity contribution in [2.45, 2.75) is 63.7 Å². The Hall–Kier alpha value is -2.86. The fourth-order valence-electron chi connectivity index (χ4n) is 4.59. The van der Waals surface area contributed by atoms with Crippen molar-refractivity contribution in [3.8, 4) is 11.5 Å². The average molecular weight is 421 g/mol. The van der Waals surface area contributed by atoms with Crippen molar-refractivity contribution in [3.63, 3.8) is 0 Å². The van der Waals surface area contributed by atoms with Crippen LogP contribution in [0.2, 0.25) is 0 Å². The lowest BCUT2D eigenvalue weighted by Gasteiger charge is -2.51. The summed E-state index contributed by atoms with van der Waals surface area (Å²) in [5.41, 5.74) is 1.11. The molecule has 0 atom stereocenters. The van der Waals surface area contributed by atoms with Crippen molar-refractivity contribution < 1.29 is 19.0 Å².